The Morgan fingerprint density at radius 1 is 1.27 bits per heavy atom. The Morgan fingerprint density at radius 3 is 2.83 bits per heavy atom. The van der Waals surface area contributed by atoms with Gasteiger partial charge in [-0.2, -0.15) is 5.26 Å². The van der Waals surface area contributed by atoms with Crippen molar-refractivity contribution in [1.82, 2.24) is 14.5 Å². The average molecular weight is 404 g/mol. The highest BCUT2D eigenvalue weighted by atomic mass is 19.1. The van der Waals surface area contributed by atoms with E-state index in [0.29, 0.717) is 41.6 Å². The first kappa shape index (κ1) is 19.6. The standard InChI is InChI=1S/C23H21FN4O2/c1-3-4-10-27-14-28-21(15(2)26-22(28)23(27)29)17-8-9-20(19(24)12-17)30-18-7-5-6-16(11-18)13-25/h5-9,11-12H,3-4,10,14H2,1-2H3. The predicted octanol–water partition coefficient (Wildman–Crippen LogP) is 4.88. The van der Waals surface area contributed by atoms with Gasteiger partial charge >= 0.3 is 0 Å². The van der Waals surface area contributed by atoms with E-state index in [1.807, 2.05) is 17.6 Å². The Labute approximate surface area is 174 Å². The number of nitriles is 1. The predicted molar refractivity (Wildman–Crippen MR) is 110 cm³/mol. The molecule has 0 fully saturated rings. The van der Waals surface area contributed by atoms with Crippen molar-refractivity contribution in [2.24, 2.45) is 0 Å². The minimum Gasteiger partial charge on any atom is -0.454 e. The van der Waals surface area contributed by atoms with Gasteiger partial charge < -0.3 is 14.2 Å². The van der Waals surface area contributed by atoms with Gasteiger partial charge in [-0.1, -0.05) is 19.4 Å². The van der Waals surface area contributed by atoms with Gasteiger partial charge in [0.2, 0.25) is 5.82 Å². The van der Waals surface area contributed by atoms with E-state index in [-0.39, 0.29) is 11.7 Å². The van der Waals surface area contributed by atoms with Crippen LogP contribution in [0.1, 0.15) is 41.6 Å². The molecule has 0 bridgehead atoms. The van der Waals surface area contributed by atoms with Crippen molar-refractivity contribution in [3.63, 3.8) is 0 Å². The number of aromatic nitrogens is 2. The highest BCUT2D eigenvalue weighted by molar-refractivity contribution is 5.94. The second-order valence-electron chi connectivity index (χ2n) is 7.25. The Bertz CT molecular complexity index is 1160. The number of rotatable bonds is 6. The van der Waals surface area contributed by atoms with Crippen LogP contribution in [-0.2, 0) is 6.67 Å². The van der Waals surface area contributed by atoms with Crippen molar-refractivity contribution in [2.75, 3.05) is 6.54 Å². The van der Waals surface area contributed by atoms with E-state index in [0.717, 1.165) is 18.5 Å². The summed E-state index contributed by atoms with van der Waals surface area (Å²) < 4.78 is 22.3. The number of carbonyl (C=O) groups excluding carboxylic acids is 1. The van der Waals surface area contributed by atoms with Crippen LogP contribution in [0, 0.1) is 24.1 Å². The minimum absolute atomic E-state index is 0.0632. The normalized spacial score (nSPS) is 12.7. The molecule has 0 aliphatic carbocycles. The van der Waals surface area contributed by atoms with E-state index in [1.165, 1.54) is 6.07 Å². The lowest BCUT2D eigenvalue weighted by Gasteiger charge is -2.16. The molecule has 4 rings (SSSR count). The summed E-state index contributed by atoms with van der Waals surface area (Å²) in [5.41, 5.74) is 2.48. The van der Waals surface area contributed by atoms with Gasteiger partial charge in [0.05, 0.1) is 29.7 Å². The van der Waals surface area contributed by atoms with Gasteiger partial charge in [0.15, 0.2) is 11.6 Å². The molecule has 2 aromatic carbocycles. The monoisotopic (exact) mass is 404 g/mol. The van der Waals surface area contributed by atoms with Crippen LogP contribution in [0.2, 0.25) is 0 Å². The number of unbranched alkanes of at least 4 members (excludes halogenated alkanes) is 1. The van der Waals surface area contributed by atoms with Crippen LogP contribution >= 0.6 is 0 Å². The Kier molecular flexibility index (Phi) is 5.23. The fourth-order valence-corrected chi connectivity index (χ4v) is 3.62. The number of hydrogen-bond donors (Lipinski definition) is 0. The first-order valence-electron chi connectivity index (χ1n) is 9.86. The van der Waals surface area contributed by atoms with Crippen LogP contribution in [0.3, 0.4) is 0 Å². The molecule has 7 heteroatoms. The maximum atomic E-state index is 14.8. The highest BCUT2D eigenvalue weighted by Gasteiger charge is 2.32. The Morgan fingerprint density at radius 2 is 2.10 bits per heavy atom. The molecule has 1 aliphatic heterocycles. The molecule has 1 aliphatic rings. The number of ether oxygens (including phenoxy) is 1. The molecule has 30 heavy (non-hydrogen) atoms. The van der Waals surface area contributed by atoms with Gasteiger partial charge in [-0.3, -0.25) is 4.79 Å². The van der Waals surface area contributed by atoms with E-state index >= 15 is 0 Å². The number of imidazole rings is 1. The number of benzene rings is 2. The summed E-state index contributed by atoms with van der Waals surface area (Å²) in [6, 6.07) is 13.3. The number of fused-ring (bicyclic) bond motifs is 1. The largest absolute Gasteiger partial charge is 0.454 e. The molecule has 152 valence electrons. The maximum Gasteiger partial charge on any atom is 0.291 e. The summed E-state index contributed by atoms with van der Waals surface area (Å²) in [6.07, 6.45) is 1.93. The quantitative estimate of drug-likeness (QED) is 0.587. The van der Waals surface area contributed by atoms with E-state index in [1.54, 1.807) is 41.3 Å². The first-order valence-corrected chi connectivity index (χ1v) is 9.86. The molecular formula is C23H21FN4O2. The van der Waals surface area contributed by atoms with Crippen molar-refractivity contribution in [3.8, 4) is 28.8 Å². The van der Waals surface area contributed by atoms with Crippen molar-refractivity contribution in [2.45, 2.75) is 33.4 Å². The first-order chi connectivity index (χ1) is 14.5. The third-order valence-corrected chi connectivity index (χ3v) is 5.11. The molecule has 6 nitrogen and oxygen atoms in total. The van der Waals surface area contributed by atoms with Crippen molar-refractivity contribution in [3.05, 3.63) is 65.4 Å². The summed E-state index contributed by atoms with van der Waals surface area (Å²) in [7, 11) is 0. The van der Waals surface area contributed by atoms with Gasteiger partial charge in [-0.05, 0) is 49.7 Å². The van der Waals surface area contributed by atoms with Crippen molar-refractivity contribution in [1.29, 1.82) is 5.26 Å². The highest BCUT2D eigenvalue weighted by Crippen LogP contribution is 2.33. The SMILES string of the molecule is CCCCN1Cn2c(nc(C)c2-c2ccc(Oc3cccc(C#N)c3)c(F)c2)C1=O. The van der Waals surface area contributed by atoms with Crippen molar-refractivity contribution >= 4 is 5.91 Å². The molecule has 0 unspecified atom stereocenters. The third-order valence-electron chi connectivity index (χ3n) is 5.11. The number of nitrogens with zero attached hydrogens (tertiary/aromatic N) is 4. The van der Waals surface area contributed by atoms with Gasteiger partial charge in [0.25, 0.3) is 5.91 Å². The number of hydrogen-bond acceptors (Lipinski definition) is 4. The zero-order chi connectivity index (χ0) is 21.3. The van der Waals surface area contributed by atoms with Gasteiger partial charge in [0.1, 0.15) is 5.75 Å². The zero-order valence-electron chi connectivity index (χ0n) is 16.9. The topological polar surface area (TPSA) is 71.2 Å². The fourth-order valence-electron chi connectivity index (χ4n) is 3.62. The molecule has 0 N–H and O–H groups in total. The fraction of sp³-hybridized carbons (Fsp3) is 0.261. The maximum absolute atomic E-state index is 14.8. The minimum atomic E-state index is -0.531. The average Bonchev–Trinajstić information content (AvgIpc) is 3.22. The van der Waals surface area contributed by atoms with Crippen LogP contribution in [0.25, 0.3) is 11.3 Å². The van der Waals surface area contributed by atoms with E-state index in [2.05, 4.69) is 11.9 Å². The third kappa shape index (κ3) is 3.52. The van der Waals surface area contributed by atoms with Crippen LogP contribution < -0.4 is 4.74 Å². The summed E-state index contributed by atoms with van der Waals surface area (Å²) in [6.45, 7) is 5.00. The summed E-state index contributed by atoms with van der Waals surface area (Å²) in [5, 5.41) is 9.00. The molecule has 2 heterocycles. The van der Waals surface area contributed by atoms with E-state index < -0.39 is 5.82 Å². The Balaban J connectivity index is 1.62. The van der Waals surface area contributed by atoms with Gasteiger partial charge in [-0.25, -0.2) is 9.37 Å². The van der Waals surface area contributed by atoms with Crippen LogP contribution in [0.4, 0.5) is 4.39 Å². The van der Waals surface area contributed by atoms with Crippen LogP contribution in [0.5, 0.6) is 11.5 Å². The zero-order valence-corrected chi connectivity index (χ0v) is 16.9. The molecule has 3 aromatic rings. The molecule has 1 amide bonds. The smallest absolute Gasteiger partial charge is 0.291 e. The second kappa shape index (κ2) is 7.99. The summed E-state index contributed by atoms with van der Waals surface area (Å²) in [4.78, 5) is 18.8. The molecular weight excluding hydrogens is 383 g/mol. The number of amides is 1. The lowest BCUT2D eigenvalue weighted by molar-refractivity contribution is 0.0763. The van der Waals surface area contributed by atoms with Gasteiger partial charge in [-0.15, -0.1) is 0 Å². The van der Waals surface area contributed by atoms with Crippen LogP contribution in [0.15, 0.2) is 42.5 Å². The number of carbonyl (C=O) groups is 1. The van der Waals surface area contributed by atoms with Crippen molar-refractivity contribution < 1.29 is 13.9 Å². The Hall–Kier alpha value is -3.66. The van der Waals surface area contributed by atoms with Gasteiger partial charge in [0, 0.05) is 12.1 Å². The summed E-state index contributed by atoms with van der Waals surface area (Å²) >= 11 is 0. The molecule has 0 radical (unpaired) electrons. The number of aryl methyl sites for hydroxylation is 1. The van der Waals surface area contributed by atoms with E-state index in [9.17, 15) is 9.18 Å². The van der Waals surface area contributed by atoms with E-state index in [4.69, 9.17) is 10.00 Å². The molecule has 0 spiro atoms. The molecule has 0 saturated heterocycles. The molecule has 1 aromatic heterocycles. The van der Waals surface area contributed by atoms with Crippen LogP contribution in [-0.4, -0.2) is 26.9 Å². The number of halogens is 1. The lowest BCUT2D eigenvalue weighted by atomic mass is 10.1. The second-order valence-corrected chi connectivity index (χ2v) is 7.25. The molecule has 0 atom stereocenters. The summed E-state index contributed by atoms with van der Waals surface area (Å²) in [5.74, 6) is 0.229. The molecule has 0 saturated carbocycles. The lowest BCUT2D eigenvalue weighted by Crippen LogP contribution is -2.26.